The van der Waals surface area contributed by atoms with Crippen LogP contribution >= 0.6 is 11.9 Å². The Hall–Kier alpha value is -4.91. The highest BCUT2D eigenvalue weighted by Crippen LogP contribution is 2.36. The largest absolute Gasteiger partial charge is 0.507 e. The van der Waals surface area contributed by atoms with Crippen LogP contribution in [0.5, 0.6) is 23.0 Å². The van der Waals surface area contributed by atoms with Crippen LogP contribution in [0.1, 0.15) is 85.4 Å². The van der Waals surface area contributed by atoms with E-state index in [1.807, 2.05) is 18.2 Å². The fraction of sp³-hybridized carbons (Fsp3) is 0.450. The summed E-state index contributed by atoms with van der Waals surface area (Å²) in [5.41, 5.74) is 1.67. The maximum absolute atomic E-state index is 14.5. The van der Waals surface area contributed by atoms with Crippen LogP contribution in [0.25, 0.3) is 0 Å². The lowest BCUT2D eigenvalue weighted by Crippen LogP contribution is -2.53. The zero-order chi connectivity index (χ0) is 37.7. The number of carbonyl (C=O) groups is 4. The van der Waals surface area contributed by atoms with Crippen molar-refractivity contribution in [3.8, 4) is 23.0 Å². The normalized spacial score (nSPS) is 17.2. The van der Waals surface area contributed by atoms with Gasteiger partial charge in [-0.25, -0.2) is 9.59 Å². The van der Waals surface area contributed by atoms with Gasteiger partial charge in [-0.15, -0.1) is 0 Å². The maximum Gasteiger partial charge on any atom is 0.341 e. The maximum atomic E-state index is 14.5. The number of likely N-dealkylation sites (tertiary alicyclic amines) is 1. The number of ether oxygens (including phenoxy) is 4. The van der Waals surface area contributed by atoms with E-state index in [-0.39, 0.29) is 23.1 Å². The van der Waals surface area contributed by atoms with E-state index in [2.05, 4.69) is 4.72 Å². The molecule has 2 fully saturated rings. The molecule has 12 nitrogen and oxygen atoms in total. The van der Waals surface area contributed by atoms with Crippen molar-refractivity contribution in [1.82, 2.24) is 9.62 Å². The number of esters is 1. The number of aliphatic carboxylic acids is 1. The summed E-state index contributed by atoms with van der Waals surface area (Å²) in [4.78, 5) is 54.6. The standard InChI is InChI=1S/C40H48N2O10S/c1-49-34-21-19-26(23-35(34)50-2)18-20-33(28-13-10-14-29(24-28)51-25-36(44)45)52-40(48)31-16-8-9-22-42(31)39(47)37(27-11-4-3-5-12-27)53-41-38(46)30-15-6-7-17-32(30)43/h6-7,10,13-15,17,19,21,23-24,27,31,33,37,43H,3-5,8-9,11-12,16,18,20,22,25H2,1-2H3,(H,41,46)(H,44,45)/t31-,33?,37?/m0/s1. The molecular formula is C40H48N2O10S. The number of methoxy groups -OCH3 is 2. The third-order valence-electron chi connectivity index (χ3n) is 9.80. The highest BCUT2D eigenvalue weighted by Gasteiger charge is 2.41. The number of rotatable bonds is 16. The van der Waals surface area contributed by atoms with Crippen molar-refractivity contribution in [2.45, 2.75) is 81.6 Å². The van der Waals surface area contributed by atoms with E-state index in [0.717, 1.165) is 62.5 Å². The molecule has 2 amide bonds. The average Bonchev–Trinajstić information content (AvgIpc) is 3.19. The molecule has 1 saturated heterocycles. The quantitative estimate of drug-likeness (QED) is 0.108. The molecule has 13 heteroatoms. The Morgan fingerprint density at radius 2 is 1.64 bits per heavy atom. The number of piperidine rings is 1. The van der Waals surface area contributed by atoms with Crippen LogP contribution in [0.4, 0.5) is 0 Å². The lowest BCUT2D eigenvalue weighted by molar-refractivity contribution is -0.162. The number of phenolic OH excluding ortho intramolecular Hbond substituents is 1. The Labute approximate surface area is 314 Å². The zero-order valence-corrected chi connectivity index (χ0v) is 31.0. The second-order valence-corrected chi connectivity index (χ2v) is 14.3. The minimum Gasteiger partial charge on any atom is -0.507 e. The highest BCUT2D eigenvalue weighted by molar-refractivity contribution is 7.99. The van der Waals surface area contributed by atoms with Crippen molar-refractivity contribution in [3.63, 3.8) is 0 Å². The molecule has 0 aromatic heterocycles. The number of carboxylic acids is 1. The summed E-state index contributed by atoms with van der Waals surface area (Å²) in [7, 11) is 3.12. The molecule has 53 heavy (non-hydrogen) atoms. The van der Waals surface area contributed by atoms with Crippen molar-refractivity contribution in [2.75, 3.05) is 27.4 Å². The fourth-order valence-electron chi connectivity index (χ4n) is 7.02. The van der Waals surface area contributed by atoms with Gasteiger partial charge in [0, 0.05) is 6.54 Å². The summed E-state index contributed by atoms with van der Waals surface area (Å²) < 4.78 is 25.4. The zero-order valence-electron chi connectivity index (χ0n) is 30.2. The molecule has 2 aliphatic rings. The first kappa shape index (κ1) is 39.3. The van der Waals surface area contributed by atoms with E-state index >= 15 is 0 Å². The molecule has 5 rings (SSSR count). The summed E-state index contributed by atoms with van der Waals surface area (Å²) in [5, 5.41) is 18.8. The van der Waals surface area contributed by atoms with Gasteiger partial charge < -0.3 is 34.1 Å². The average molecular weight is 749 g/mol. The number of amides is 2. The van der Waals surface area contributed by atoms with Crippen molar-refractivity contribution in [1.29, 1.82) is 0 Å². The van der Waals surface area contributed by atoms with Gasteiger partial charge in [0.05, 0.1) is 19.8 Å². The van der Waals surface area contributed by atoms with E-state index in [4.69, 9.17) is 24.1 Å². The molecule has 1 saturated carbocycles. The number of carbonyl (C=O) groups excluding carboxylic acids is 3. The number of carboxylic acid groups (broad SMARTS) is 1. The molecule has 2 unspecified atom stereocenters. The van der Waals surface area contributed by atoms with E-state index in [0.29, 0.717) is 48.6 Å². The Balaban J connectivity index is 1.37. The van der Waals surface area contributed by atoms with Gasteiger partial charge in [-0.1, -0.05) is 49.6 Å². The van der Waals surface area contributed by atoms with E-state index in [1.54, 1.807) is 55.5 Å². The summed E-state index contributed by atoms with van der Waals surface area (Å²) in [6.45, 7) is -0.142. The van der Waals surface area contributed by atoms with Crippen molar-refractivity contribution < 1.29 is 48.3 Å². The molecule has 284 valence electrons. The van der Waals surface area contributed by atoms with Gasteiger partial charge in [0.1, 0.15) is 28.9 Å². The van der Waals surface area contributed by atoms with Crippen LogP contribution in [0.15, 0.2) is 66.7 Å². The number of benzene rings is 3. The SMILES string of the molecule is COc1ccc(CCC(OC(=O)[C@@H]2CCCCN2C(=O)C(SNC(=O)c2ccccc2O)C2CCCCC2)c2cccc(OCC(=O)O)c2)cc1OC. The number of phenols is 1. The Kier molecular flexibility index (Phi) is 14.3. The molecule has 3 atom stereocenters. The highest BCUT2D eigenvalue weighted by atomic mass is 32.2. The number of hydrogen-bond acceptors (Lipinski definition) is 10. The van der Waals surface area contributed by atoms with Gasteiger partial charge in [0.2, 0.25) is 5.91 Å². The molecule has 1 heterocycles. The predicted octanol–water partition coefficient (Wildman–Crippen LogP) is 6.50. The number of hydrogen-bond donors (Lipinski definition) is 3. The van der Waals surface area contributed by atoms with Crippen molar-refractivity contribution in [3.05, 3.63) is 83.4 Å². The lowest BCUT2D eigenvalue weighted by Gasteiger charge is -2.39. The monoisotopic (exact) mass is 748 g/mol. The number of aromatic hydroxyl groups is 1. The fourth-order valence-corrected chi connectivity index (χ4v) is 8.07. The minimum absolute atomic E-state index is 0.00676. The molecule has 0 radical (unpaired) electrons. The second-order valence-electron chi connectivity index (χ2n) is 13.3. The molecular weight excluding hydrogens is 701 g/mol. The first-order valence-corrected chi connectivity index (χ1v) is 19.0. The van der Waals surface area contributed by atoms with Gasteiger partial charge in [-0.2, -0.15) is 0 Å². The van der Waals surface area contributed by atoms with Crippen LogP contribution in [0.3, 0.4) is 0 Å². The van der Waals surface area contributed by atoms with Gasteiger partial charge in [-0.05, 0) is 110 Å². The number of nitrogens with zero attached hydrogens (tertiary/aromatic N) is 1. The van der Waals surface area contributed by atoms with E-state index in [9.17, 15) is 24.3 Å². The van der Waals surface area contributed by atoms with Crippen LogP contribution < -0.4 is 18.9 Å². The molecule has 3 aromatic carbocycles. The first-order chi connectivity index (χ1) is 25.7. The predicted molar refractivity (Wildman–Crippen MR) is 199 cm³/mol. The van der Waals surface area contributed by atoms with Gasteiger partial charge in [0.25, 0.3) is 5.91 Å². The van der Waals surface area contributed by atoms with Crippen molar-refractivity contribution in [2.24, 2.45) is 5.92 Å². The minimum atomic E-state index is -1.11. The van der Waals surface area contributed by atoms with Crippen LogP contribution in [-0.2, 0) is 25.5 Å². The van der Waals surface area contributed by atoms with E-state index in [1.165, 1.54) is 12.1 Å². The summed E-state index contributed by atoms with van der Waals surface area (Å²) in [5.74, 6) is -1.01. The molecule has 1 aliphatic carbocycles. The lowest BCUT2D eigenvalue weighted by atomic mass is 9.86. The molecule has 0 spiro atoms. The van der Waals surface area contributed by atoms with E-state index < -0.39 is 41.8 Å². The summed E-state index contributed by atoms with van der Waals surface area (Å²) in [6, 6.07) is 17.8. The van der Waals surface area contributed by atoms with Gasteiger partial charge in [-0.3, -0.25) is 14.3 Å². The number of aryl methyl sites for hydroxylation is 1. The molecule has 1 aliphatic heterocycles. The summed E-state index contributed by atoms with van der Waals surface area (Å²) in [6.07, 6.45) is 6.73. The number of para-hydroxylation sites is 1. The van der Waals surface area contributed by atoms with Crippen LogP contribution in [0.2, 0.25) is 0 Å². The van der Waals surface area contributed by atoms with Crippen LogP contribution in [-0.4, -0.2) is 77.5 Å². The Morgan fingerprint density at radius 1 is 0.887 bits per heavy atom. The third-order valence-corrected chi connectivity index (χ3v) is 10.9. The Bertz CT molecular complexity index is 1730. The van der Waals surface area contributed by atoms with Crippen LogP contribution in [0, 0.1) is 5.92 Å². The summed E-state index contributed by atoms with van der Waals surface area (Å²) >= 11 is 1.06. The smallest absolute Gasteiger partial charge is 0.341 e. The molecule has 3 N–H and O–H groups in total. The second kappa shape index (κ2) is 19.2. The number of nitrogens with one attached hydrogen (secondary N) is 1. The third kappa shape index (κ3) is 10.6. The topological polar surface area (TPSA) is 161 Å². The Morgan fingerprint density at radius 3 is 2.38 bits per heavy atom. The first-order valence-electron chi connectivity index (χ1n) is 18.1. The van der Waals surface area contributed by atoms with Gasteiger partial charge in [0.15, 0.2) is 18.1 Å². The van der Waals surface area contributed by atoms with Gasteiger partial charge >= 0.3 is 11.9 Å². The molecule has 0 bridgehead atoms. The van der Waals surface area contributed by atoms with Crippen molar-refractivity contribution >= 4 is 35.7 Å². The molecule has 3 aromatic rings.